The van der Waals surface area contributed by atoms with Crippen molar-refractivity contribution in [3.63, 3.8) is 0 Å². The number of benzene rings is 1. The molecule has 3 nitrogen and oxygen atoms in total. The number of ether oxygens (including phenoxy) is 2. The first-order chi connectivity index (χ1) is 7.13. The first-order valence-electron chi connectivity index (χ1n) is 5.01. The lowest BCUT2D eigenvalue weighted by Gasteiger charge is -2.29. The predicted molar refractivity (Wildman–Crippen MR) is 53.5 cm³/mol. The van der Waals surface area contributed by atoms with E-state index < -0.39 is 0 Å². The molecule has 2 atom stereocenters. The van der Waals surface area contributed by atoms with E-state index in [0.717, 1.165) is 5.56 Å². The third kappa shape index (κ3) is 1.09. The highest BCUT2D eigenvalue weighted by Gasteiger charge is 2.57. The van der Waals surface area contributed by atoms with Crippen LogP contribution in [0.4, 0.5) is 0 Å². The average Bonchev–Trinajstić information content (AvgIpc) is 2.97. The van der Waals surface area contributed by atoms with Gasteiger partial charge in [-0.15, -0.1) is 0 Å². The molecule has 3 heteroatoms. The summed E-state index contributed by atoms with van der Waals surface area (Å²) < 4.78 is 11.4. The third-order valence-electron chi connectivity index (χ3n) is 3.01. The molecule has 2 heterocycles. The molecule has 0 radical (unpaired) electrons. The van der Waals surface area contributed by atoms with Crippen molar-refractivity contribution in [3.05, 3.63) is 29.3 Å². The fraction of sp³-hybridized carbons (Fsp3) is 0.417. The zero-order valence-electron chi connectivity index (χ0n) is 8.65. The quantitative estimate of drug-likeness (QED) is 0.604. The van der Waals surface area contributed by atoms with Gasteiger partial charge in [0.05, 0.1) is 5.56 Å². The van der Waals surface area contributed by atoms with Crippen LogP contribution in [0.3, 0.4) is 0 Å². The van der Waals surface area contributed by atoms with Crippen LogP contribution >= 0.6 is 0 Å². The van der Waals surface area contributed by atoms with Gasteiger partial charge in [-0.3, -0.25) is 0 Å². The Morgan fingerprint density at radius 3 is 2.93 bits per heavy atom. The van der Waals surface area contributed by atoms with Gasteiger partial charge in [0.15, 0.2) is 0 Å². The maximum atomic E-state index is 8.99. The molecule has 1 saturated heterocycles. The molecule has 0 unspecified atom stereocenters. The zero-order chi connectivity index (χ0) is 10.6. The van der Waals surface area contributed by atoms with Gasteiger partial charge in [0.2, 0.25) is 0 Å². The summed E-state index contributed by atoms with van der Waals surface area (Å²) in [6.07, 6.45) is 0.260. The normalized spacial score (nSPS) is 29.4. The van der Waals surface area contributed by atoms with Crippen LogP contribution in [0.25, 0.3) is 0 Å². The number of hydrogen-bond acceptors (Lipinski definition) is 3. The van der Waals surface area contributed by atoms with Crippen molar-refractivity contribution in [3.8, 4) is 11.8 Å². The fourth-order valence-electron chi connectivity index (χ4n) is 2.18. The molecule has 0 saturated carbocycles. The molecular weight excluding hydrogens is 190 g/mol. The van der Waals surface area contributed by atoms with Gasteiger partial charge < -0.3 is 9.47 Å². The van der Waals surface area contributed by atoms with Crippen molar-refractivity contribution in [2.45, 2.75) is 31.7 Å². The molecule has 2 aliphatic heterocycles. The van der Waals surface area contributed by atoms with Crippen molar-refractivity contribution in [2.75, 3.05) is 0 Å². The molecule has 15 heavy (non-hydrogen) atoms. The Morgan fingerprint density at radius 2 is 2.20 bits per heavy atom. The molecule has 76 valence electrons. The van der Waals surface area contributed by atoms with E-state index in [9.17, 15) is 0 Å². The van der Waals surface area contributed by atoms with Crippen molar-refractivity contribution < 1.29 is 9.47 Å². The van der Waals surface area contributed by atoms with Crippen LogP contribution in [0, 0.1) is 11.3 Å². The Kier molecular flexibility index (Phi) is 1.48. The summed E-state index contributed by atoms with van der Waals surface area (Å²) in [5.74, 6) is 0.698. The molecule has 1 fully saturated rings. The maximum absolute atomic E-state index is 8.99. The number of nitrogens with zero attached hydrogens (tertiary/aromatic N) is 1. The molecular formula is C12H11NO2. The Labute approximate surface area is 88.2 Å². The summed E-state index contributed by atoms with van der Waals surface area (Å²) >= 11 is 0. The summed E-state index contributed by atoms with van der Waals surface area (Å²) in [5, 5.41) is 8.99. The zero-order valence-corrected chi connectivity index (χ0v) is 8.65. The highest BCUT2D eigenvalue weighted by atomic mass is 16.6. The Bertz CT molecular complexity index is 473. The lowest BCUT2D eigenvalue weighted by atomic mass is 9.93. The number of nitriles is 1. The van der Waals surface area contributed by atoms with E-state index in [2.05, 4.69) is 6.07 Å². The monoisotopic (exact) mass is 201 g/mol. The van der Waals surface area contributed by atoms with Gasteiger partial charge in [-0.05, 0) is 19.9 Å². The number of hydrogen-bond donors (Lipinski definition) is 0. The number of epoxide rings is 1. The lowest BCUT2D eigenvalue weighted by molar-refractivity contribution is 0.0722. The standard InChI is InChI=1S/C12H11NO2/c1-12(2)11-10(14-11)8-5-3-4-7(6-13)9(8)15-12/h3-5,10-11H,1-2H3/t10-,11-/m1/s1. The Hall–Kier alpha value is -1.53. The van der Waals surface area contributed by atoms with E-state index in [1.165, 1.54) is 0 Å². The van der Waals surface area contributed by atoms with Crippen LogP contribution in [0.5, 0.6) is 5.75 Å². The molecule has 0 bridgehead atoms. The van der Waals surface area contributed by atoms with Crippen LogP contribution in [0.2, 0.25) is 0 Å². The summed E-state index contributed by atoms with van der Waals surface area (Å²) in [6.45, 7) is 3.99. The molecule has 1 aromatic rings. The minimum absolute atomic E-state index is 0.122. The van der Waals surface area contributed by atoms with Crippen LogP contribution in [0.1, 0.15) is 31.1 Å². The first kappa shape index (κ1) is 8.75. The van der Waals surface area contributed by atoms with Gasteiger partial charge in [-0.2, -0.15) is 5.26 Å². The minimum Gasteiger partial charge on any atom is -0.483 e. The van der Waals surface area contributed by atoms with Gasteiger partial charge in [0.1, 0.15) is 29.6 Å². The van der Waals surface area contributed by atoms with Gasteiger partial charge >= 0.3 is 0 Å². The second-order valence-electron chi connectivity index (χ2n) is 4.52. The molecule has 0 aliphatic carbocycles. The molecule has 1 aromatic carbocycles. The van der Waals surface area contributed by atoms with Crippen LogP contribution in [-0.4, -0.2) is 11.7 Å². The number of fused-ring (bicyclic) bond motifs is 3. The summed E-state index contributed by atoms with van der Waals surface area (Å²) in [4.78, 5) is 0. The predicted octanol–water partition coefficient (Wildman–Crippen LogP) is 2.17. The smallest absolute Gasteiger partial charge is 0.143 e. The van der Waals surface area contributed by atoms with Gasteiger partial charge in [0, 0.05) is 5.56 Å². The van der Waals surface area contributed by atoms with Crippen molar-refractivity contribution >= 4 is 0 Å². The summed E-state index contributed by atoms with van der Waals surface area (Å²) in [7, 11) is 0. The van der Waals surface area contributed by atoms with E-state index in [-0.39, 0.29) is 17.8 Å². The molecule has 0 N–H and O–H groups in total. The molecule has 3 rings (SSSR count). The second-order valence-corrected chi connectivity index (χ2v) is 4.52. The van der Waals surface area contributed by atoms with Gasteiger partial charge in [0.25, 0.3) is 0 Å². The summed E-state index contributed by atoms with van der Waals surface area (Å²) in [6, 6.07) is 7.77. The highest BCUT2D eigenvalue weighted by Crippen LogP contribution is 2.54. The first-order valence-corrected chi connectivity index (χ1v) is 5.01. The van der Waals surface area contributed by atoms with E-state index in [1.54, 1.807) is 6.07 Å². The highest BCUT2D eigenvalue weighted by molar-refractivity contribution is 5.52. The largest absolute Gasteiger partial charge is 0.483 e. The molecule has 0 spiro atoms. The van der Waals surface area contributed by atoms with Crippen LogP contribution in [0.15, 0.2) is 18.2 Å². The van der Waals surface area contributed by atoms with Crippen LogP contribution < -0.4 is 4.74 Å². The topological polar surface area (TPSA) is 45.5 Å². The number of para-hydroxylation sites is 1. The Balaban J connectivity index is 2.17. The molecule has 0 aromatic heterocycles. The van der Waals surface area contributed by atoms with E-state index >= 15 is 0 Å². The SMILES string of the molecule is CC1(C)Oc2c(C#N)cccc2[C@H]2O[C@H]21. The van der Waals surface area contributed by atoms with Gasteiger partial charge in [-0.1, -0.05) is 12.1 Å². The maximum Gasteiger partial charge on any atom is 0.143 e. The van der Waals surface area contributed by atoms with Crippen LogP contribution in [-0.2, 0) is 4.74 Å². The van der Waals surface area contributed by atoms with Crippen molar-refractivity contribution in [2.24, 2.45) is 0 Å². The average molecular weight is 201 g/mol. The Morgan fingerprint density at radius 1 is 1.40 bits per heavy atom. The summed E-state index contributed by atoms with van der Waals surface area (Å²) in [5.41, 5.74) is 1.28. The number of rotatable bonds is 0. The molecule has 0 amide bonds. The second kappa shape index (κ2) is 2.53. The lowest BCUT2D eigenvalue weighted by Crippen LogP contribution is -2.38. The van der Waals surface area contributed by atoms with Gasteiger partial charge in [-0.25, -0.2) is 0 Å². The molecule has 2 aliphatic rings. The van der Waals surface area contributed by atoms with E-state index in [4.69, 9.17) is 14.7 Å². The minimum atomic E-state index is -0.329. The third-order valence-corrected chi connectivity index (χ3v) is 3.01. The van der Waals surface area contributed by atoms with E-state index in [1.807, 2.05) is 26.0 Å². The fourth-order valence-corrected chi connectivity index (χ4v) is 2.18. The van der Waals surface area contributed by atoms with Crippen molar-refractivity contribution in [1.82, 2.24) is 0 Å². The van der Waals surface area contributed by atoms with E-state index in [0.29, 0.717) is 11.3 Å². The van der Waals surface area contributed by atoms with Crippen molar-refractivity contribution in [1.29, 1.82) is 5.26 Å².